The number of anilines is 1. The van der Waals surface area contributed by atoms with Gasteiger partial charge in [-0.25, -0.2) is 4.79 Å². The van der Waals surface area contributed by atoms with Crippen LogP contribution in [0.4, 0.5) is 5.69 Å². The number of hydrogen-bond acceptors (Lipinski definition) is 12. The SMILES string of the molecule is COCCOCCOCCOCCN(C)c1ccc(/C=C/C(=O)c2cc3ccc(OCCOCCOCCOC)cc3oc2=O)cc1. The number of methoxy groups -OCH3 is 2. The van der Waals surface area contributed by atoms with E-state index in [1.807, 2.05) is 31.3 Å². The molecule has 0 N–H and O–H groups in total. The Morgan fingerprint density at radius 2 is 1.26 bits per heavy atom. The third kappa shape index (κ3) is 14.8. The summed E-state index contributed by atoms with van der Waals surface area (Å²) in [5.41, 5.74) is 1.42. The number of nitrogens with zero attached hydrogens (tertiary/aromatic N) is 1. The maximum absolute atomic E-state index is 12.9. The molecule has 0 aliphatic rings. The van der Waals surface area contributed by atoms with Gasteiger partial charge in [0.2, 0.25) is 0 Å². The van der Waals surface area contributed by atoms with Crippen LogP contribution in [0.1, 0.15) is 15.9 Å². The largest absolute Gasteiger partial charge is 0.491 e. The summed E-state index contributed by atoms with van der Waals surface area (Å²) in [5, 5.41) is 0.616. The van der Waals surface area contributed by atoms with E-state index < -0.39 is 11.4 Å². The Bertz CT molecular complexity index is 1390. The van der Waals surface area contributed by atoms with Crippen LogP contribution in [-0.4, -0.2) is 119 Å². The molecule has 3 rings (SSSR count). The number of rotatable bonds is 26. The van der Waals surface area contributed by atoms with Gasteiger partial charge < -0.3 is 47.2 Å². The zero-order valence-electron chi connectivity index (χ0n) is 27.6. The Balaban J connectivity index is 1.39. The summed E-state index contributed by atoms with van der Waals surface area (Å²) in [7, 11) is 5.25. The van der Waals surface area contributed by atoms with Gasteiger partial charge in [-0.3, -0.25) is 4.79 Å². The molecule has 0 unspecified atom stereocenters. The molecule has 12 nitrogen and oxygen atoms in total. The lowest BCUT2D eigenvalue weighted by molar-refractivity contribution is 0.00462. The van der Waals surface area contributed by atoms with Crippen molar-refractivity contribution in [1.29, 1.82) is 0 Å². The summed E-state index contributed by atoms with van der Waals surface area (Å²) >= 11 is 0. The Hall–Kier alpha value is -3.62. The van der Waals surface area contributed by atoms with Crippen molar-refractivity contribution in [2.75, 3.05) is 119 Å². The minimum absolute atomic E-state index is 0.0410. The second kappa shape index (κ2) is 22.8. The molecule has 0 aliphatic carbocycles. The molecule has 12 heteroatoms. The molecular formula is C35H47NO11. The van der Waals surface area contributed by atoms with E-state index in [9.17, 15) is 9.59 Å². The monoisotopic (exact) mass is 657 g/mol. The van der Waals surface area contributed by atoms with Crippen LogP contribution in [-0.2, 0) is 33.2 Å². The molecule has 1 aromatic heterocycles. The molecule has 47 heavy (non-hydrogen) atoms. The second-order valence-electron chi connectivity index (χ2n) is 10.3. The number of carbonyl (C=O) groups excluding carboxylic acids is 1. The lowest BCUT2D eigenvalue weighted by Gasteiger charge is -2.19. The fraction of sp³-hybridized carbons (Fsp3) is 0.486. The highest BCUT2D eigenvalue weighted by Crippen LogP contribution is 2.21. The number of likely N-dealkylation sites (N-methyl/N-ethyl adjacent to an activating group) is 1. The van der Waals surface area contributed by atoms with Crippen molar-refractivity contribution in [3.05, 3.63) is 76.2 Å². The van der Waals surface area contributed by atoms with E-state index in [1.54, 1.807) is 38.5 Å². The Morgan fingerprint density at radius 3 is 1.85 bits per heavy atom. The highest BCUT2D eigenvalue weighted by Gasteiger charge is 2.12. The van der Waals surface area contributed by atoms with Crippen LogP contribution in [0, 0.1) is 0 Å². The van der Waals surface area contributed by atoms with Crippen LogP contribution in [0.5, 0.6) is 5.75 Å². The van der Waals surface area contributed by atoms with Crippen molar-refractivity contribution in [2.24, 2.45) is 0 Å². The maximum atomic E-state index is 12.9. The third-order valence-electron chi connectivity index (χ3n) is 6.78. The van der Waals surface area contributed by atoms with Crippen molar-refractivity contribution < 1.29 is 47.1 Å². The summed E-state index contributed by atoms with van der Waals surface area (Å²) in [6, 6.07) is 14.4. The first-order valence-corrected chi connectivity index (χ1v) is 15.6. The zero-order chi connectivity index (χ0) is 33.5. The van der Waals surface area contributed by atoms with E-state index in [-0.39, 0.29) is 5.56 Å². The molecule has 0 atom stereocenters. The van der Waals surface area contributed by atoms with Gasteiger partial charge in [0, 0.05) is 45.0 Å². The van der Waals surface area contributed by atoms with Crippen molar-refractivity contribution in [2.45, 2.75) is 0 Å². The van der Waals surface area contributed by atoms with Gasteiger partial charge in [-0.1, -0.05) is 18.2 Å². The van der Waals surface area contributed by atoms with Crippen molar-refractivity contribution >= 4 is 28.5 Å². The molecule has 1 heterocycles. The maximum Gasteiger partial charge on any atom is 0.347 e. The van der Waals surface area contributed by atoms with Crippen molar-refractivity contribution in [1.82, 2.24) is 0 Å². The molecule has 0 aliphatic heterocycles. The number of carbonyl (C=O) groups is 1. The Labute approximate surface area is 276 Å². The second-order valence-corrected chi connectivity index (χ2v) is 10.3. The molecule has 0 spiro atoms. The van der Waals surface area contributed by atoms with Gasteiger partial charge in [0.05, 0.1) is 79.3 Å². The van der Waals surface area contributed by atoms with E-state index in [1.165, 1.54) is 12.1 Å². The molecule has 0 saturated heterocycles. The number of allylic oxidation sites excluding steroid dienone is 1. The summed E-state index contributed by atoms with van der Waals surface area (Å²) in [4.78, 5) is 27.6. The van der Waals surface area contributed by atoms with Crippen LogP contribution < -0.4 is 15.3 Å². The Morgan fingerprint density at radius 1 is 0.702 bits per heavy atom. The van der Waals surface area contributed by atoms with Gasteiger partial charge >= 0.3 is 5.63 Å². The summed E-state index contributed by atoms with van der Waals surface area (Å²) in [6.45, 7) is 7.20. The third-order valence-corrected chi connectivity index (χ3v) is 6.78. The van der Waals surface area contributed by atoms with Crippen LogP contribution >= 0.6 is 0 Å². The van der Waals surface area contributed by atoms with Gasteiger partial charge in [-0.2, -0.15) is 0 Å². The number of hydrogen-bond donors (Lipinski definition) is 0. The van der Waals surface area contributed by atoms with Crippen molar-refractivity contribution in [3.63, 3.8) is 0 Å². The Kier molecular flexibility index (Phi) is 18.4. The van der Waals surface area contributed by atoms with E-state index in [4.69, 9.17) is 42.3 Å². The van der Waals surface area contributed by atoms with Crippen LogP contribution in [0.2, 0.25) is 0 Å². The van der Waals surface area contributed by atoms with Gasteiger partial charge in [0.25, 0.3) is 0 Å². The predicted molar refractivity (Wildman–Crippen MR) is 179 cm³/mol. The molecule has 0 saturated carbocycles. The molecule has 0 radical (unpaired) electrons. The van der Waals surface area contributed by atoms with E-state index in [0.717, 1.165) is 11.3 Å². The van der Waals surface area contributed by atoms with Crippen LogP contribution in [0.25, 0.3) is 17.0 Å². The highest BCUT2D eigenvalue weighted by molar-refractivity contribution is 6.07. The number of ketones is 1. The van der Waals surface area contributed by atoms with E-state index in [0.29, 0.717) is 109 Å². The average molecular weight is 658 g/mol. The summed E-state index contributed by atoms with van der Waals surface area (Å²) in [6.07, 6.45) is 3.05. The molecule has 0 amide bonds. The lowest BCUT2D eigenvalue weighted by Crippen LogP contribution is -2.23. The van der Waals surface area contributed by atoms with Gasteiger partial charge in [0.15, 0.2) is 5.78 Å². The molecule has 3 aromatic rings. The molecule has 2 aromatic carbocycles. The topological polar surface area (TPSA) is 124 Å². The number of ether oxygens (including phenoxy) is 8. The van der Waals surface area contributed by atoms with Crippen LogP contribution in [0.15, 0.2) is 63.8 Å². The van der Waals surface area contributed by atoms with Gasteiger partial charge in [-0.15, -0.1) is 0 Å². The average Bonchev–Trinajstić information content (AvgIpc) is 3.08. The van der Waals surface area contributed by atoms with Crippen molar-refractivity contribution in [3.8, 4) is 5.75 Å². The van der Waals surface area contributed by atoms with Crippen LogP contribution in [0.3, 0.4) is 0 Å². The first-order valence-electron chi connectivity index (χ1n) is 15.6. The van der Waals surface area contributed by atoms with E-state index in [2.05, 4.69) is 4.90 Å². The normalized spacial score (nSPS) is 11.5. The molecule has 258 valence electrons. The first-order chi connectivity index (χ1) is 23.0. The van der Waals surface area contributed by atoms with Gasteiger partial charge in [0.1, 0.15) is 23.5 Å². The quantitative estimate of drug-likeness (QED) is 0.0539. The zero-order valence-corrected chi connectivity index (χ0v) is 27.6. The standard InChI is InChI=1S/C35H47NO11/c1-36(12-13-41-18-19-44-22-20-42-16-14-39-2)30-8-4-28(5-9-30)6-11-33(37)32-26-29-7-10-31(27-34(29)47-35(32)38)46-25-24-45-23-21-43-17-15-40-3/h4-11,26-27H,12-25H2,1-3H3/b11-6+. The fourth-order valence-corrected chi connectivity index (χ4v) is 4.15. The highest BCUT2D eigenvalue weighted by atomic mass is 16.6. The predicted octanol–water partition coefficient (Wildman–Crippen LogP) is 3.88. The molecular weight excluding hydrogens is 610 g/mol. The summed E-state index contributed by atoms with van der Waals surface area (Å²) < 4.78 is 48.2. The summed E-state index contributed by atoms with van der Waals surface area (Å²) in [5.74, 6) is 0.0903. The van der Waals surface area contributed by atoms with Gasteiger partial charge in [-0.05, 0) is 42.0 Å². The minimum Gasteiger partial charge on any atom is -0.491 e. The smallest absolute Gasteiger partial charge is 0.347 e. The van der Waals surface area contributed by atoms with E-state index >= 15 is 0 Å². The first kappa shape index (κ1) is 37.8. The molecule has 0 fully saturated rings. The fourth-order valence-electron chi connectivity index (χ4n) is 4.15. The number of benzene rings is 2. The lowest BCUT2D eigenvalue weighted by atomic mass is 10.1. The minimum atomic E-state index is -0.709. The molecule has 0 bridgehead atoms. The number of fused-ring (bicyclic) bond motifs is 1.